The van der Waals surface area contributed by atoms with E-state index in [1.807, 2.05) is 12.1 Å². The number of fused-ring (bicyclic) bond motifs is 1. The van der Waals surface area contributed by atoms with Gasteiger partial charge in [0.1, 0.15) is 6.26 Å². The molecule has 0 unspecified atom stereocenters. The van der Waals surface area contributed by atoms with E-state index in [1.165, 1.54) is 12.5 Å². The highest BCUT2D eigenvalue weighted by Crippen LogP contribution is 2.25. The predicted octanol–water partition coefficient (Wildman–Crippen LogP) is 1.52. The average molecular weight is 356 g/mol. The Morgan fingerprint density at radius 3 is 3.08 bits per heavy atom. The van der Waals surface area contributed by atoms with Crippen molar-refractivity contribution in [2.45, 2.75) is 19.0 Å². The van der Waals surface area contributed by atoms with Gasteiger partial charge in [0.05, 0.1) is 36.5 Å². The van der Waals surface area contributed by atoms with Crippen molar-refractivity contribution >= 4 is 17.1 Å². The predicted molar refractivity (Wildman–Crippen MR) is 94.1 cm³/mol. The summed E-state index contributed by atoms with van der Waals surface area (Å²) in [5.41, 5.74) is 1.85. The summed E-state index contributed by atoms with van der Waals surface area (Å²) in [4.78, 5) is 31.7. The van der Waals surface area contributed by atoms with Crippen molar-refractivity contribution in [1.82, 2.24) is 19.0 Å². The second-order valence-corrected chi connectivity index (χ2v) is 6.35. The Balaban J connectivity index is 1.66. The van der Waals surface area contributed by atoms with Crippen LogP contribution in [0.4, 0.5) is 0 Å². The van der Waals surface area contributed by atoms with Gasteiger partial charge < -0.3 is 14.1 Å². The zero-order valence-corrected chi connectivity index (χ0v) is 14.5. The van der Waals surface area contributed by atoms with Gasteiger partial charge in [-0.05, 0) is 24.6 Å². The molecule has 1 amide bonds. The fraction of sp³-hybridized carbons (Fsp3) is 0.389. The number of rotatable bonds is 5. The van der Waals surface area contributed by atoms with Crippen LogP contribution in [0.5, 0.6) is 0 Å². The molecule has 0 radical (unpaired) electrons. The maximum absolute atomic E-state index is 13.0. The van der Waals surface area contributed by atoms with Gasteiger partial charge in [-0.1, -0.05) is 0 Å². The van der Waals surface area contributed by atoms with Crippen LogP contribution in [-0.2, 0) is 11.3 Å². The molecule has 1 aliphatic rings. The van der Waals surface area contributed by atoms with Crippen molar-refractivity contribution in [2.75, 3.05) is 26.8 Å². The SMILES string of the molecule is COCCn1c(=O)n([C@@H]2CCN(C(=O)c3ccoc3)C2)c2ncccc21. The summed E-state index contributed by atoms with van der Waals surface area (Å²) in [6.07, 6.45) is 5.32. The third kappa shape index (κ3) is 2.72. The van der Waals surface area contributed by atoms with Crippen LogP contribution in [0.3, 0.4) is 0 Å². The van der Waals surface area contributed by atoms with Gasteiger partial charge in [0.2, 0.25) is 0 Å². The van der Waals surface area contributed by atoms with Crippen molar-refractivity contribution in [3.63, 3.8) is 0 Å². The number of hydrogen-bond donors (Lipinski definition) is 0. The van der Waals surface area contributed by atoms with E-state index in [2.05, 4.69) is 4.98 Å². The van der Waals surface area contributed by atoms with Crippen LogP contribution in [0.1, 0.15) is 22.8 Å². The minimum Gasteiger partial charge on any atom is -0.472 e. The Kier molecular flexibility index (Phi) is 4.34. The molecule has 1 aliphatic heterocycles. The molecule has 1 saturated heterocycles. The lowest BCUT2D eigenvalue weighted by Gasteiger charge is -2.16. The molecule has 4 heterocycles. The number of amides is 1. The lowest BCUT2D eigenvalue weighted by molar-refractivity contribution is 0.0787. The van der Waals surface area contributed by atoms with Crippen LogP contribution >= 0.6 is 0 Å². The van der Waals surface area contributed by atoms with Gasteiger partial charge in [0.15, 0.2) is 5.65 Å². The first-order chi connectivity index (χ1) is 12.7. The van der Waals surface area contributed by atoms with Gasteiger partial charge in [-0.2, -0.15) is 0 Å². The van der Waals surface area contributed by atoms with Crippen LogP contribution in [0.2, 0.25) is 0 Å². The number of carbonyl (C=O) groups is 1. The first-order valence-electron chi connectivity index (χ1n) is 8.57. The summed E-state index contributed by atoms with van der Waals surface area (Å²) in [7, 11) is 1.61. The highest BCUT2D eigenvalue weighted by atomic mass is 16.5. The summed E-state index contributed by atoms with van der Waals surface area (Å²) < 4.78 is 13.5. The number of carbonyl (C=O) groups excluding carboxylic acids is 1. The molecule has 1 fully saturated rings. The van der Waals surface area contributed by atoms with E-state index in [0.717, 1.165) is 5.52 Å². The summed E-state index contributed by atoms with van der Waals surface area (Å²) in [6.45, 7) is 1.99. The van der Waals surface area contributed by atoms with Crippen molar-refractivity contribution in [1.29, 1.82) is 0 Å². The topological polar surface area (TPSA) is 82.5 Å². The largest absolute Gasteiger partial charge is 0.472 e. The lowest BCUT2D eigenvalue weighted by Crippen LogP contribution is -2.32. The van der Waals surface area contributed by atoms with E-state index in [-0.39, 0.29) is 17.6 Å². The molecule has 3 aromatic rings. The zero-order valence-electron chi connectivity index (χ0n) is 14.5. The molecule has 0 spiro atoms. The van der Waals surface area contributed by atoms with E-state index in [1.54, 1.807) is 33.4 Å². The van der Waals surface area contributed by atoms with E-state index in [4.69, 9.17) is 9.15 Å². The van der Waals surface area contributed by atoms with E-state index in [0.29, 0.717) is 43.9 Å². The molecular formula is C18H20N4O4. The molecule has 0 saturated carbocycles. The van der Waals surface area contributed by atoms with Crippen molar-refractivity contribution < 1.29 is 13.9 Å². The number of imidazole rings is 1. The third-order valence-corrected chi connectivity index (χ3v) is 4.82. The Morgan fingerprint density at radius 1 is 1.42 bits per heavy atom. The molecule has 8 nitrogen and oxygen atoms in total. The Bertz CT molecular complexity index is 973. The Morgan fingerprint density at radius 2 is 2.31 bits per heavy atom. The number of ether oxygens (including phenoxy) is 1. The van der Waals surface area contributed by atoms with E-state index < -0.39 is 0 Å². The first-order valence-corrected chi connectivity index (χ1v) is 8.57. The quantitative estimate of drug-likeness (QED) is 0.692. The van der Waals surface area contributed by atoms with Gasteiger partial charge in [-0.3, -0.25) is 13.9 Å². The van der Waals surface area contributed by atoms with Crippen LogP contribution < -0.4 is 5.69 Å². The van der Waals surface area contributed by atoms with E-state index >= 15 is 0 Å². The Hall–Kier alpha value is -2.87. The molecule has 0 N–H and O–H groups in total. The number of pyridine rings is 1. The first kappa shape index (κ1) is 16.6. The minimum atomic E-state index is -0.113. The van der Waals surface area contributed by atoms with Gasteiger partial charge in [0.25, 0.3) is 5.91 Å². The van der Waals surface area contributed by atoms with Crippen LogP contribution in [-0.4, -0.2) is 51.7 Å². The molecular weight excluding hydrogens is 336 g/mol. The molecule has 26 heavy (non-hydrogen) atoms. The van der Waals surface area contributed by atoms with Crippen LogP contribution in [0, 0.1) is 0 Å². The number of furan rings is 1. The maximum Gasteiger partial charge on any atom is 0.330 e. The number of nitrogens with zero attached hydrogens (tertiary/aromatic N) is 4. The molecule has 8 heteroatoms. The van der Waals surface area contributed by atoms with Gasteiger partial charge in [-0.15, -0.1) is 0 Å². The molecule has 0 bridgehead atoms. The molecule has 0 aliphatic carbocycles. The monoisotopic (exact) mass is 356 g/mol. The summed E-state index contributed by atoms with van der Waals surface area (Å²) in [6, 6.07) is 5.26. The summed E-state index contributed by atoms with van der Waals surface area (Å²) in [5, 5.41) is 0. The smallest absolute Gasteiger partial charge is 0.330 e. The van der Waals surface area contributed by atoms with Gasteiger partial charge in [-0.25, -0.2) is 9.78 Å². The molecule has 3 aromatic heterocycles. The van der Waals surface area contributed by atoms with Gasteiger partial charge in [0, 0.05) is 26.4 Å². The fourth-order valence-corrected chi connectivity index (χ4v) is 3.54. The van der Waals surface area contributed by atoms with Crippen molar-refractivity contribution in [3.05, 3.63) is 53.0 Å². The Labute approximate surface area is 149 Å². The number of aromatic nitrogens is 3. The van der Waals surface area contributed by atoms with Crippen LogP contribution in [0.25, 0.3) is 11.2 Å². The van der Waals surface area contributed by atoms with Crippen molar-refractivity contribution in [3.8, 4) is 0 Å². The lowest BCUT2D eigenvalue weighted by atomic mass is 10.2. The normalized spacial score (nSPS) is 17.3. The van der Waals surface area contributed by atoms with Crippen molar-refractivity contribution in [2.24, 2.45) is 0 Å². The second kappa shape index (κ2) is 6.80. The third-order valence-electron chi connectivity index (χ3n) is 4.82. The number of likely N-dealkylation sites (tertiary alicyclic amines) is 1. The molecule has 136 valence electrons. The molecule has 4 rings (SSSR count). The maximum atomic E-state index is 13.0. The second-order valence-electron chi connectivity index (χ2n) is 6.35. The van der Waals surface area contributed by atoms with E-state index in [9.17, 15) is 9.59 Å². The minimum absolute atomic E-state index is 0.0784. The molecule has 1 atom stereocenters. The summed E-state index contributed by atoms with van der Waals surface area (Å²) >= 11 is 0. The van der Waals surface area contributed by atoms with Crippen LogP contribution in [0.15, 0.2) is 46.1 Å². The highest BCUT2D eigenvalue weighted by molar-refractivity contribution is 5.94. The van der Waals surface area contributed by atoms with Gasteiger partial charge >= 0.3 is 5.69 Å². The summed E-state index contributed by atoms with van der Waals surface area (Å²) in [5.74, 6) is -0.0784. The standard InChI is InChI=1S/C18H20N4O4/c1-25-10-8-21-15-3-2-6-19-16(15)22(18(21)24)14-4-7-20(11-14)17(23)13-5-9-26-12-13/h2-3,5-6,9,12,14H,4,7-8,10-11H2,1H3/t14-/m1/s1. The average Bonchev–Trinajstić information content (AvgIpc) is 3.39. The fourth-order valence-electron chi connectivity index (χ4n) is 3.54. The zero-order chi connectivity index (χ0) is 18.1. The highest BCUT2D eigenvalue weighted by Gasteiger charge is 2.31. The number of methoxy groups -OCH3 is 1. The molecule has 0 aromatic carbocycles. The number of hydrogen-bond acceptors (Lipinski definition) is 5.